The smallest absolute Gasteiger partial charge is 0.304 e. The lowest BCUT2D eigenvalue weighted by Gasteiger charge is -2.22. The summed E-state index contributed by atoms with van der Waals surface area (Å²) < 4.78 is 0. The van der Waals surface area contributed by atoms with Crippen LogP contribution in [0.5, 0.6) is 0 Å². The highest BCUT2D eigenvalue weighted by atomic mass is 16.4. The number of carboxylic acids is 1. The summed E-state index contributed by atoms with van der Waals surface area (Å²) in [4.78, 5) is 10.2. The molecular formula is C8H18N2O2. The van der Waals surface area contributed by atoms with Crippen molar-refractivity contribution in [3.8, 4) is 0 Å². The summed E-state index contributed by atoms with van der Waals surface area (Å²) in [6.45, 7) is 6.58. The van der Waals surface area contributed by atoms with Crippen molar-refractivity contribution in [3.05, 3.63) is 0 Å². The Bertz CT molecular complexity index is 152. The van der Waals surface area contributed by atoms with E-state index in [1.807, 2.05) is 20.8 Å². The Kier molecular flexibility index (Phi) is 4.20. The van der Waals surface area contributed by atoms with Crippen LogP contribution in [0.1, 0.15) is 27.2 Å². The summed E-state index contributed by atoms with van der Waals surface area (Å²) in [6, 6.07) is -0.304. The van der Waals surface area contributed by atoms with Gasteiger partial charge in [-0.25, -0.2) is 0 Å². The molecule has 0 aromatic carbocycles. The van der Waals surface area contributed by atoms with Gasteiger partial charge in [0.1, 0.15) is 0 Å². The van der Waals surface area contributed by atoms with Gasteiger partial charge in [-0.1, -0.05) is 0 Å². The second-order valence-electron chi connectivity index (χ2n) is 3.99. The molecule has 0 amide bonds. The molecule has 0 heterocycles. The van der Waals surface area contributed by atoms with E-state index in [2.05, 4.69) is 5.32 Å². The van der Waals surface area contributed by atoms with Gasteiger partial charge in [-0.3, -0.25) is 4.79 Å². The topological polar surface area (TPSA) is 75.3 Å². The van der Waals surface area contributed by atoms with Crippen molar-refractivity contribution in [1.82, 2.24) is 5.32 Å². The van der Waals surface area contributed by atoms with Crippen LogP contribution in [0.3, 0.4) is 0 Å². The number of aliphatic carboxylic acids is 1. The van der Waals surface area contributed by atoms with Crippen LogP contribution in [0.25, 0.3) is 0 Å². The van der Waals surface area contributed by atoms with E-state index in [9.17, 15) is 4.79 Å². The van der Waals surface area contributed by atoms with Gasteiger partial charge in [0.15, 0.2) is 0 Å². The van der Waals surface area contributed by atoms with Crippen LogP contribution in [0.15, 0.2) is 0 Å². The number of hydrogen-bond acceptors (Lipinski definition) is 3. The largest absolute Gasteiger partial charge is 0.481 e. The highest BCUT2D eigenvalue weighted by Crippen LogP contribution is 1.98. The van der Waals surface area contributed by atoms with Crippen LogP contribution in [-0.2, 0) is 4.79 Å². The molecule has 12 heavy (non-hydrogen) atoms. The molecule has 72 valence electrons. The minimum absolute atomic E-state index is 0.00385. The van der Waals surface area contributed by atoms with Gasteiger partial charge in [0.2, 0.25) is 0 Å². The molecule has 0 radical (unpaired) electrons. The molecule has 0 aliphatic carbocycles. The fourth-order valence-corrected chi connectivity index (χ4v) is 0.734. The van der Waals surface area contributed by atoms with Crippen molar-refractivity contribution >= 4 is 5.97 Å². The number of hydrogen-bond donors (Lipinski definition) is 3. The first kappa shape index (κ1) is 11.4. The number of nitrogens with two attached hydrogens (primary N) is 1. The lowest BCUT2D eigenvalue weighted by Crippen LogP contribution is -2.44. The SMILES string of the molecule is CC(C)(C)NCC(N)CC(=O)O. The highest BCUT2D eigenvalue weighted by molar-refractivity contribution is 5.67. The molecule has 1 atom stereocenters. The number of carboxylic acid groups (broad SMARTS) is 1. The molecule has 1 unspecified atom stereocenters. The first-order valence-corrected chi connectivity index (χ1v) is 4.03. The quantitative estimate of drug-likeness (QED) is 0.568. The van der Waals surface area contributed by atoms with E-state index in [1.54, 1.807) is 0 Å². The van der Waals surface area contributed by atoms with Crippen LogP contribution >= 0.6 is 0 Å². The maximum absolute atomic E-state index is 10.2. The standard InChI is InChI=1S/C8H18N2O2/c1-8(2,3)10-5-6(9)4-7(11)12/h6,10H,4-5,9H2,1-3H3,(H,11,12). The highest BCUT2D eigenvalue weighted by Gasteiger charge is 2.12. The Morgan fingerprint density at radius 1 is 1.58 bits per heavy atom. The minimum atomic E-state index is -0.849. The summed E-state index contributed by atoms with van der Waals surface area (Å²) in [5.74, 6) is -0.849. The lowest BCUT2D eigenvalue weighted by atomic mass is 10.1. The second kappa shape index (κ2) is 4.42. The van der Waals surface area contributed by atoms with Crippen molar-refractivity contribution in [2.24, 2.45) is 5.73 Å². The summed E-state index contributed by atoms with van der Waals surface area (Å²) in [5, 5.41) is 11.5. The van der Waals surface area contributed by atoms with E-state index in [-0.39, 0.29) is 18.0 Å². The van der Waals surface area contributed by atoms with Crippen molar-refractivity contribution in [3.63, 3.8) is 0 Å². The summed E-state index contributed by atoms with van der Waals surface area (Å²) in [7, 11) is 0. The molecule has 4 nitrogen and oxygen atoms in total. The van der Waals surface area contributed by atoms with E-state index in [4.69, 9.17) is 10.8 Å². The van der Waals surface area contributed by atoms with E-state index < -0.39 is 5.97 Å². The van der Waals surface area contributed by atoms with Gasteiger partial charge in [0.25, 0.3) is 0 Å². The molecule has 4 heteroatoms. The zero-order valence-corrected chi connectivity index (χ0v) is 7.92. The zero-order chi connectivity index (χ0) is 9.78. The van der Waals surface area contributed by atoms with E-state index in [0.717, 1.165) is 0 Å². The van der Waals surface area contributed by atoms with Crippen molar-refractivity contribution in [1.29, 1.82) is 0 Å². The van der Waals surface area contributed by atoms with Crippen molar-refractivity contribution < 1.29 is 9.90 Å². The normalized spacial score (nSPS) is 14.3. The molecule has 0 bridgehead atoms. The second-order valence-corrected chi connectivity index (χ2v) is 3.99. The number of rotatable bonds is 4. The minimum Gasteiger partial charge on any atom is -0.481 e. The van der Waals surface area contributed by atoms with Crippen LogP contribution in [0.2, 0.25) is 0 Å². The van der Waals surface area contributed by atoms with E-state index in [0.29, 0.717) is 6.54 Å². The van der Waals surface area contributed by atoms with Crippen LogP contribution in [0, 0.1) is 0 Å². The van der Waals surface area contributed by atoms with Crippen LogP contribution in [0.4, 0.5) is 0 Å². The van der Waals surface area contributed by atoms with Crippen LogP contribution in [-0.4, -0.2) is 29.2 Å². The lowest BCUT2D eigenvalue weighted by molar-refractivity contribution is -0.137. The first-order chi connectivity index (χ1) is 5.31. The number of carbonyl (C=O) groups is 1. The zero-order valence-electron chi connectivity index (χ0n) is 7.92. The first-order valence-electron chi connectivity index (χ1n) is 4.03. The third-order valence-corrected chi connectivity index (χ3v) is 1.33. The average molecular weight is 174 g/mol. The molecular weight excluding hydrogens is 156 g/mol. The fraction of sp³-hybridized carbons (Fsp3) is 0.875. The average Bonchev–Trinajstić information content (AvgIpc) is 1.80. The molecule has 0 aromatic heterocycles. The predicted octanol–water partition coefficient (Wildman–Crippen LogP) is 0.177. The van der Waals surface area contributed by atoms with Gasteiger partial charge in [0.05, 0.1) is 6.42 Å². The Morgan fingerprint density at radius 2 is 2.08 bits per heavy atom. The van der Waals surface area contributed by atoms with Gasteiger partial charge < -0.3 is 16.2 Å². The third kappa shape index (κ3) is 7.50. The number of nitrogens with one attached hydrogen (secondary N) is 1. The van der Waals surface area contributed by atoms with Crippen LogP contribution < -0.4 is 11.1 Å². The summed E-state index contributed by atoms with van der Waals surface area (Å²) >= 11 is 0. The van der Waals surface area contributed by atoms with Crippen molar-refractivity contribution in [2.75, 3.05) is 6.54 Å². The third-order valence-electron chi connectivity index (χ3n) is 1.33. The summed E-state index contributed by atoms with van der Waals surface area (Å²) in [6.07, 6.45) is 0.0169. The molecule has 0 saturated carbocycles. The fourth-order valence-electron chi connectivity index (χ4n) is 0.734. The van der Waals surface area contributed by atoms with Gasteiger partial charge in [-0.15, -0.1) is 0 Å². The van der Waals surface area contributed by atoms with E-state index >= 15 is 0 Å². The summed E-state index contributed by atoms with van der Waals surface area (Å²) in [5.41, 5.74) is 5.53. The molecule has 0 aromatic rings. The Morgan fingerprint density at radius 3 is 2.42 bits per heavy atom. The van der Waals surface area contributed by atoms with Gasteiger partial charge >= 0.3 is 5.97 Å². The van der Waals surface area contributed by atoms with E-state index in [1.165, 1.54) is 0 Å². The molecule has 0 rings (SSSR count). The molecule has 0 saturated heterocycles. The maximum Gasteiger partial charge on any atom is 0.304 e. The molecule has 0 aliphatic heterocycles. The Balaban J connectivity index is 3.57. The molecule has 4 N–H and O–H groups in total. The Labute approximate surface area is 73.1 Å². The maximum atomic E-state index is 10.2. The van der Waals surface area contributed by atoms with Gasteiger partial charge in [-0.2, -0.15) is 0 Å². The van der Waals surface area contributed by atoms with Crippen molar-refractivity contribution in [2.45, 2.75) is 38.8 Å². The monoisotopic (exact) mass is 174 g/mol. The molecule has 0 fully saturated rings. The van der Waals surface area contributed by atoms with Gasteiger partial charge in [0, 0.05) is 18.1 Å². The predicted molar refractivity (Wildman–Crippen MR) is 48.0 cm³/mol. The molecule has 0 spiro atoms. The molecule has 0 aliphatic rings. The van der Waals surface area contributed by atoms with Gasteiger partial charge in [-0.05, 0) is 20.8 Å². The Hall–Kier alpha value is -0.610.